The van der Waals surface area contributed by atoms with E-state index < -0.39 is 12.0 Å². The Morgan fingerprint density at radius 2 is 2.17 bits per heavy atom. The van der Waals surface area contributed by atoms with Gasteiger partial charge < -0.3 is 5.11 Å². The smallest absolute Gasteiger partial charge is 0.272 e. The molecule has 1 aromatic heterocycles. The molecule has 1 N–H and O–H groups in total. The summed E-state index contributed by atoms with van der Waals surface area (Å²) in [5, 5.41) is 9.21. The van der Waals surface area contributed by atoms with E-state index in [2.05, 4.69) is 9.97 Å². The quantitative estimate of drug-likeness (QED) is 0.726. The molecule has 1 heterocycles. The van der Waals surface area contributed by atoms with Gasteiger partial charge in [-0.15, -0.1) is 0 Å². The zero-order valence-corrected chi connectivity index (χ0v) is 6.41. The Hall–Kier alpha value is -1.10. The third-order valence-electron chi connectivity index (χ3n) is 1.51. The van der Waals surface area contributed by atoms with Crippen LogP contribution >= 0.6 is 0 Å². The molecular formula is C7H8F2N2O. The highest BCUT2D eigenvalue weighted by atomic mass is 19.3. The molecule has 0 spiro atoms. The molecule has 0 radical (unpaired) electrons. The van der Waals surface area contributed by atoms with Gasteiger partial charge in [0, 0.05) is 12.4 Å². The summed E-state index contributed by atoms with van der Waals surface area (Å²) in [6.45, 7) is 1.00. The summed E-state index contributed by atoms with van der Waals surface area (Å²) in [6, 6.07) is 0. The molecule has 1 unspecified atom stereocenters. The monoisotopic (exact) mass is 174 g/mol. The van der Waals surface area contributed by atoms with Crippen LogP contribution in [0, 0.1) is 0 Å². The number of halogens is 2. The summed E-state index contributed by atoms with van der Waals surface area (Å²) in [5.74, 6) is 0. The fourth-order valence-corrected chi connectivity index (χ4v) is 0.672. The average molecular weight is 174 g/mol. The van der Waals surface area contributed by atoms with Crippen molar-refractivity contribution in [1.82, 2.24) is 9.97 Å². The van der Waals surface area contributed by atoms with Gasteiger partial charge in [-0.05, 0) is 6.92 Å². The van der Waals surface area contributed by atoms with Gasteiger partial charge in [0.25, 0.3) is 6.43 Å². The van der Waals surface area contributed by atoms with Gasteiger partial charge in [0.1, 0.15) is 0 Å². The highest BCUT2D eigenvalue weighted by Crippen LogP contribution is 2.24. The highest BCUT2D eigenvalue weighted by molar-refractivity contribution is 5.07. The van der Waals surface area contributed by atoms with Gasteiger partial charge in [-0.25, -0.2) is 8.78 Å². The van der Waals surface area contributed by atoms with Crippen molar-refractivity contribution in [3.05, 3.63) is 24.3 Å². The van der Waals surface area contributed by atoms with Gasteiger partial charge in [0.15, 0.2) is 5.60 Å². The molecule has 0 fully saturated rings. The first-order valence-electron chi connectivity index (χ1n) is 3.32. The van der Waals surface area contributed by atoms with Crippen LogP contribution in [0.5, 0.6) is 0 Å². The summed E-state index contributed by atoms with van der Waals surface area (Å²) < 4.78 is 24.4. The third-order valence-corrected chi connectivity index (χ3v) is 1.51. The molecule has 12 heavy (non-hydrogen) atoms. The van der Waals surface area contributed by atoms with Crippen LogP contribution < -0.4 is 0 Å². The van der Waals surface area contributed by atoms with Crippen LogP contribution in [0.3, 0.4) is 0 Å². The fraction of sp³-hybridized carbons (Fsp3) is 0.429. The molecule has 0 aliphatic rings. The number of rotatable bonds is 2. The van der Waals surface area contributed by atoms with E-state index in [1.165, 1.54) is 12.4 Å². The Morgan fingerprint density at radius 3 is 2.58 bits per heavy atom. The van der Waals surface area contributed by atoms with E-state index in [1.807, 2.05) is 0 Å². The minimum Gasteiger partial charge on any atom is -0.378 e. The van der Waals surface area contributed by atoms with Crippen LogP contribution in [0.1, 0.15) is 12.6 Å². The fourth-order valence-electron chi connectivity index (χ4n) is 0.672. The van der Waals surface area contributed by atoms with E-state index in [1.54, 1.807) is 0 Å². The summed E-state index contributed by atoms with van der Waals surface area (Å²) in [5.41, 5.74) is -2.34. The second kappa shape index (κ2) is 3.10. The van der Waals surface area contributed by atoms with Gasteiger partial charge in [0.05, 0.1) is 11.9 Å². The number of nitrogens with zero attached hydrogens (tertiary/aromatic N) is 2. The van der Waals surface area contributed by atoms with E-state index in [-0.39, 0.29) is 5.69 Å². The van der Waals surface area contributed by atoms with Gasteiger partial charge in [-0.1, -0.05) is 0 Å². The minimum atomic E-state index is -2.87. The SMILES string of the molecule is CC(O)(c1cnccn1)C(F)F. The average Bonchev–Trinajstić information content (AvgIpc) is 2.06. The van der Waals surface area contributed by atoms with E-state index >= 15 is 0 Å². The standard InChI is InChI=1S/C7H8F2N2O/c1-7(12,6(8)9)5-4-10-2-3-11-5/h2-4,6,12H,1H3. The predicted molar refractivity (Wildman–Crippen MR) is 37.6 cm³/mol. The van der Waals surface area contributed by atoms with Crippen molar-refractivity contribution in [1.29, 1.82) is 0 Å². The molecule has 66 valence electrons. The summed E-state index contributed by atoms with van der Waals surface area (Å²) in [7, 11) is 0. The molecule has 0 bridgehead atoms. The molecule has 0 aromatic carbocycles. The number of aromatic nitrogens is 2. The number of aliphatic hydroxyl groups is 1. The predicted octanol–water partition coefficient (Wildman–Crippen LogP) is 0.949. The second-order valence-electron chi connectivity index (χ2n) is 2.54. The van der Waals surface area contributed by atoms with Crippen LogP contribution in [-0.2, 0) is 5.60 Å². The van der Waals surface area contributed by atoms with E-state index in [4.69, 9.17) is 0 Å². The van der Waals surface area contributed by atoms with Gasteiger partial charge >= 0.3 is 0 Å². The second-order valence-corrected chi connectivity index (χ2v) is 2.54. The van der Waals surface area contributed by atoms with E-state index in [0.29, 0.717) is 0 Å². The lowest BCUT2D eigenvalue weighted by molar-refractivity contribution is -0.0912. The summed E-state index contributed by atoms with van der Waals surface area (Å²) >= 11 is 0. The van der Waals surface area contributed by atoms with Crippen LogP contribution in [0.4, 0.5) is 8.78 Å². The molecule has 1 aromatic rings. The van der Waals surface area contributed by atoms with Gasteiger partial charge in [0.2, 0.25) is 0 Å². The molecule has 5 heteroatoms. The highest BCUT2D eigenvalue weighted by Gasteiger charge is 2.35. The van der Waals surface area contributed by atoms with Crippen molar-refractivity contribution in [3.63, 3.8) is 0 Å². The van der Waals surface area contributed by atoms with Crippen LogP contribution in [0.2, 0.25) is 0 Å². The van der Waals surface area contributed by atoms with Crippen LogP contribution in [0.25, 0.3) is 0 Å². The lowest BCUT2D eigenvalue weighted by Crippen LogP contribution is -2.31. The van der Waals surface area contributed by atoms with Crippen molar-refractivity contribution in [3.8, 4) is 0 Å². The molecule has 0 aliphatic carbocycles. The maximum Gasteiger partial charge on any atom is 0.272 e. The topological polar surface area (TPSA) is 46.0 Å². The number of hydrogen-bond donors (Lipinski definition) is 1. The minimum absolute atomic E-state index is 0.125. The Balaban J connectivity index is 2.98. The van der Waals surface area contributed by atoms with Crippen LogP contribution in [-0.4, -0.2) is 21.5 Å². The molecule has 0 saturated carbocycles. The van der Waals surface area contributed by atoms with E-state index in [9.17, 15) is 13.9 Å². The number of hydrogen-bond acceptors (Lipinski definition) is 3. The van der Waals surface area contributed by atoms with Crippen molar-refractivity contribution in [2.75, 3.05) is 0 Å². The number of alkyl halides is 2. The Labute approximate surface area is 68.1 Å². The maximum absolute atomic E-state index is 12.2. The Kier molecular flexibility index (Phi) is 2.32. The molecule has 0 aliphatic heterocycles. The zero-order valence-electron chi connectivity index (χ0n) is 6.41. The Morgan fingerprint density at radius 1 is 1.50 bits per heavy atom. The first kappa shape index (κ1) is 8.99. The molecule has 1 atom stereocenters. The molecule has 1 rings (SSSR count). The van der Waals surface area contributed by atoms with Gasteiger partial charge in [-0.3, -0.25) is 9.97 Å². The van der Waals surface area contributed by atoms with E-state index in [0.717, 1.165) is 13.1 Å². The Bertz CT molecular complexity index is 251. The summed E-state index contributed by atoms with van der Waals surface area (Å²) in [4.78, 5) is 7.16. The molecular weight excluding hydrogens is 166 g/mol. The lowest BCUT2D eigenvalue weighted by Gasteiger charge is -2.20. The largest absolute Gasteiger partial charge is 0.378 e. The molecule has 0 saturated heterocycles. The normalized spacial score (nSPS) is 16.1. The van der Waals surface area contributed by atoms with Crippen molar-refractivity contribution in [2.45, 2.75) is 19.0 Å². The maximum atomic E-state index is 12.2. The first-order chi connectivity index (χ1) is 5.55. The van der Waals surface area contributed by atoms with Gasteiger partial charge in [-0.2, -0.15) is 0 Å². The van der Waals surface area contributed by atoms with Crippen molar-refractivity contribution >= 4 is 0 Å². The summed E-state index contributed by atoms with van der Waals surface area (Å²) in [6.07, 6.45) is 0.859. The third kappa shape index (κ3) is 1.55. The zero-order chi connectivity index (χ0) is 9.19. The molecule has 0 amide bonds. The van der Waals surface area contributed by atoms with Crippen LogP contribution in [0.15, 0.2) is 18.6 Å². The molecule has 3 nitrogen and oxygen atoms in total. The first-order valence-corrected chi connectivity index (χ1v) is 3.32. The van der Waals surface area contributed by atoms with Crippen molar-refractivity contribution in [2.24, 2.45) is 0 Å². The van der Waals surface area contributed by atoms with Crippen molar-refractivity contribution < 1.29 is 13.9 Å². The lowest BCUT2D eigenvalue weighted by atomic mass is 10.0.